The van der Waals surface area contributed by atoms with Crippen LogP contribution < -0.4 is 16.4 Å². The van der Waals surface area contributed by atoms with Crippen molar-refractivity contribution in [1.82, 2.24) is 10.6 Å². The second-order valence-electron chi connectivity index (χ2n) is 4.30. The zero-order valence-electron chi connectivity index (χ0n) is 10.8. The summed E-state index contributed by atoms with van der Waals surface area (Å²) in [6.45, 7) is 5.15. The van der Waals surface area contributed by atoms with Gasteiger partial charge in [-0.1, -0.05) is 13.8 Å². The fraction of sp³-hybridized carbons (Fsp3) is 0.818. The highest BCUT2D eigenvalue weighted by Crippen LogP contribution is 1.88. The van der Waals surface area contributed by atoms with E-state index < -0.39 is 6.04 Å². The molecule has 100 valence electrons. The summed E-state index contributed by atoms with van der Waals surface area (Å²) in [6.07, 6.45) is 0.262. The van der Waals surface area contributed by atoms with Crippen LogP contribution in [-0.2, 0) is 14.3 Å². The van der Waals surface area contributed by atoms with Crippen LogP contribution in [0.5, 0.6) is 0 Å². The van der Waals surface area contributed by atoms with Crippen molar-refractivity contribution >= 4 is 11.8 Å². The standard InChI is InChI=1S/C11H23N3O3/c1-8(2)6-14-10(15)4-5-13-11(16)9(12)7-17-3/h8-9H,4-7,12H2,1-3H3,(H,13,16)(H,14,15). The molecule has 0 aromatic rings. The minimum Gasteiger partial charge on any atom is -0.383 e. The minimum atomic E-state index is -0.682. The molecular weight excluding hydrogens is 222 g/mol. The molecule has 0 saturated heterocycles. The van der Waals surface area contributed by atoms with Crippen molar-refractivity contribution < 1.29 is 14.3 Å². The number of nitrogens with two attached hydrogens (primary N) is 1. The van der Waals surface area contributed by atoms with E-state index in [1.54, 1.807) is 0 Å². The monoisotopic (exact) mass is 245 g/mol. The van der Waals surface area contributed by atoms with Crippen LogP contribution in [0.2, 0.25) is 0 Å². The first kappa shape index (κ1) is 15.9. The highest BCUT2D eigenvalue weighted by Gasteiger charge is 2.12. The molecule has 0 aromatic carbocycles. The number of hydrogen-bond donors (Lipinski definition) is 3. The van der Waals surface area contributed by atoms with Gasteiger partial charge in [0.05, 0.1) is 6.61 Å². The first-order chi connectivity index (χ1) is 7.97. The van der Waals surface area contributed by atoms with Crippen LogP contribution in [0, 0.1) is 5.92 Å². The Kier molecular flexibility index (Phi) is 8.35. The van der Waals surface area contributed by atoms with E-state index in [9.17, 15) is 9.59 Å². The molecule has 0 rings (SSSR count). The molecule has 0 aliphatic heterocycles. The van der Waals surface area contributed by atoms with Crippen LogP contribution in [0.15, 0.2) is 0 Å². The Morgan fingerprint density at radius 2 is 1.94 bits per heavy atom. The molecule has 0 aliphatic carbocycles. The summed E-state index contributed by atoms with van der Waals surface area (Å²) in [5.74, 6) is 0.0477. The van der Waals surface area contributed by atoms with Gasteiger partial charge < -0.3 is 21.1 Å². The summed E-state index contributed by atoms with van der Waals surface area (Å²) < 4.78 is 4.75. The SMILES string of the molecule is COCC(N)C(=O)NCCC(=O)NCC(C)C. The average molecular weight is 245 g/mol. The Bertz CT molecular complexity index is 244. The maximum absolute atomic E-state index is 11.3. The summed E-state index contributed by atoms with van der Waals surface area (Å²) >= 11 is 0. The van der Waals surface area contributed by atoms with E-state index in [0.29, 0.717) is 19.0 Å². The smallest absolute Gasteiger partial charge is 0.239 e. The molecule has 0 spiro atoms. The predicted molar refractivity (Wildman–Crippen MR) is 65.3 cm³/mol. The van der Waals surface area contributed by atoms with Gasteiger partial charge in [-0.25, -0.2) is 0 Å². The van der Waals surface area contributed by atoms with Gasteiger partial charge in [0.15, 0.2) is 0 Å². The predicted octanol–water partition coefficient (Wildman–Crippen LogP) is -0.761. The number of carbonyl (C=O) groups is 2. The van der Waals surface area contributed by atoms with Crippen molar-refractivity contribution in [3.8, 4) is 0 Å². The van der Waals surface area contributed by atoms with Gasteiger partial charge in [0.2, 0.25) is 11.8 Å². The van der Waals surface area contributed by atoms with Crippen LogP contribution >= 0.6 is 0 Å². The number of nitrogens with one attached hydrogen (secondary N) is 2. The van der Waals surface area contributed by atoms with Crippen molar-refractivity contribution in [1.29, 1.82) is 0 Å². The Hall–Kier alpha value is -1.14. The van der Waals surface area contributed by atoms with Crippen molar-refractivity contribution in [2.75, 3.05) is 26.8 Å². The second-order valence-corrected chi connectivity index (χ2v) is 4.30. The van der Waals surface area contributed by atoms with Crippen molar-refractivity contribution in [3.05, 3.63) is 0 Å². The van der Waals surface area contributed by atoms with E-state index in [1.165, 1.54) is 7.11 Å². The van der Waals surface area contributed by atoms with Gasteiger partial charge in [0.25, 0.3) is 0 Å². The van der Waals surface area contributed by atoms with Gasteiger partial charge in [0, 0.05) is 26.6 Å². The lowest BCUT2D eigenvalue weighted by atomic mass is 10.2. The number of amides is 2. The van der Waals surface area contributed by atoms with Crippen molar-refractivity contribution in [2.45, 2.75) is 26.3 Å². The molecule has 0 bridgehead atoms. The highest BCUT2D eigenvalue weighted by atomic mass is 16.5. The molecular formula is C11H23N3O3. The lowest BCUT2D eigenvalue weighted by Crippen LogP contribution is -2.44. The third kappa shape index (κ3) is 8.65. The quantitative estimate of drug-likeness (QED) is 0.524. The molecule has 4 N–H and O–H groups in total. The number of hydrogen-bond acceptors (Lipinski definition) is 4. The van der Waals surface area contributed by atoms with E-state index in [1.807, 2.05) is 13.8 Å². The molecule has 0 fully saturated rings. The summed E-state index contributed by atoms with van der Waals surface area (Å²) in [4.78, 5) is 22.6. The average Bonchev–Trinajstić information content (AvgIpc) is 2.26. The highest BCUT2D eigenvalue weighted by molar-refractivity contribution is 5.82. The normalized spacial score (nSPS) is 12.3. The van der Waals surface area contributed by atoms with E-state index in [4.69, 9.17) is 10.5 Å². The molecule has 0 aromatic heterocycles. The molecule has 1 atom stereocenters. The third-order valence-corrected chi connectivity index (χ3v) is 2.04. The van der Waals surface area contributed by atoms with Gasteiger partial charge in [-0.3, -0.25) is 9.59 Å². The summed E-state index contributed by atoms with van der Waals surface area (Å²) in [5, 5.41) is 5.35. The first-order valence-corrected chi connectivity index (χ1v) is 5.76. The Labute approximate surface area is 102 Å². The van der Waals surface area contributed by atoms with Crippen LogP contribution in [0.25, 0.3) is 0 Å². The maximum atomic E-state index is 11.3. The van der Waals surface area contributed by atoms with Crippen LogP contribution in [-0.4, -0.2) is 44.7 Å². The summed E-state index contributed by atoms with van der Waals surface area (Å²) in [6, 6.07) is -0.682. The Balaban J connectivity index is 3.62. The zero-order chi connectivity index (χ0) is 13.3. The zero-order valence-corrected chi connectivity index (χ0v) is 10.8. The fourth-order valence-electron chi connectivity index (χ4n) is 1.09. The molecule has 6 nitrogen and oxygen atoms in total. The largest absolute Gasteiger partial charge is 0.383 e. The topological polar surface area (TPSA) is 93.4 Å². The number of rotatable bonds is 8. The Morgan fingerprint density at radius 1 is 1.29 bits per heavy atom. The minimum absolute atomic E-state index is 0.0701. The van der Waals surface area contributed by atoms with E-state index in [0.717, 1.165) is 0 Å². The maximum Gasteiger partial charge on any atom is 0.239 e. The second kappa shape index (κ2) is 8.95. The van der Waals surface area contributed by atoms with Gasteiger partial charge in [-0.2, -0.15) is 0 Å². The van der Waals surface area contributed by atoms with E-state index in [2.05, 4.69) is 10.6 Å². The van der Waals surface area contributed by atoms with Crippen molar-refractivity contribution in [2.24, 2.45) is 11.7 Å². The molecule has 1 unspecified atom stereocenters. The molecule has 6 heteroatoms. The van der Waals surface area contributed by atoms with E-state index in [-0.39, 0.29) is 24.8 Å². The van der Waals surface area contributed by atoms with Crippen LogP contribution in [0.4, 0.5) is 0 Å². The van der Waals surface area contributed by atoms with Crippen molar-refractivity contribution in [3.63, 3.8) is 0 Å². The molecule has 0 heterocycles. The molecule has 0 aliphatic rings. The van der Waals surface area contributed by atoms with E-state index >= 15 is 0 Å². The van der Waals surface area contributed by atoms with Gasteiger partial charge in [-0.15, -0.1) is 0 Å². The van der Waals surface area contributed by atoms with Gasteiger partial charge in [0.1, 0.15) is 6.04 Å². The summed E-state index contributed by atoms with van der Waals surface area (Å²) in [5.41, 5.74) is 5.51. The lowest BCUT2D eigenvalue weighted by molar-refractivity contribution is -0.124. The molecule has 17 heavy (non-hydrogen) atoms. The molecule has 2 amide bonds. The lowest BCUT2D eigenvalue weighted by Gasteiger charge is -2.11. The molecule has 0 radical (unpaired) electrons. The third-order valence-electron chi connectivity index (χ3n) is 2.04. The number of ether oxygens (including phenoxy) is 1. The van der Waals surface area contributed by atoms with Gasteiger partial charge >= 0.3 is 0 Å². The summed E-state index contributed by atoms with van der Waals surface area (Å²) in [7, 11) is 1.48. The van der Waals surface area contributed by atoms with Gasteiger partial charge in [-0.05, 0) is 5.92 Å². The first-order valence-electron chi connectivity index (χ1n) is 5.76. The number of carbonyl (C=O) groups excluding carboxylic acids is 2. The van der Waals surface area contributed by atoms with Crippen LogP contribution in [0.1, 0.15) is 20.3 Å². The van der Waals surface area contributed by atoms with Crippen LogP contribution in [0.3, 0.4) is 0 Å². The fourth-order valence-corrected chi connectivity index (χ4v) is 1.09. The number of methoxy groups -OCH3 is 1. The Morgan fingerprint density at radius 3 is 2.47 bits per heavy atom. The molecule has 0 saturated carbocycles.